The number of amides is 1. The molecule has 1 aromatic rings. The van der Waals surface area contributed by atoms with E-state index in [2.05, 4.69) is 0 Å². The quantitative estimate of drug-likeness (QED) is 0.850. The molecule has 1 heterocycles. The number of benzene rings is 1. The van der Waals surface area contributed by atoms with Gasteiger partial charge in [-0.25, -0.2) is 0 Å². The van der Waals surface area contributed by atoms with Gasteiger partial charge in [-0.15, -0.1) is 0 Å². The molecule has 2 rings (SSSR count). The molecule has 0 aromatic heterocycles. The van der Waals surface area contributed by atoms with Crippen LogP contribution in [0.2, 0.25) is 0 Å². The number of alkyl halides is 3. The zero-order valence-electron chi connectivity index (χ0n) is 10.2. The highest BCUT2D eigenvalue weighted by atomic mass is 19.4. The Kier molecular flexibility index (Phi) is 3.40. The Morgan fingerprint density at radius 1 is 1.53 bits per heavy atom. The largest absolute Gasteiger partial charge is 0.487 e. The molecule has 0 bridgehead atoms. The molecule has 1 unspecified atom stereocenters. The van der Waals surface area contributed by atoms with E-state index in [1.807, 2.05) is 0 Å². The predicted octanol–water partition coefficient (Wildman–Crippen LogP) is 1.82. The fraction of sp³-hybridized carbons (Fsp3) is 0.417. The van der Waals surface area contributed by atoms with Crippen LogP contribution in [0.3, 0.4) is 0 Å². The minimum absolute atomic E-state index is 0.123. The van der Waals surface area contributed by atoms with Crippen LogP contribution >= 0.6 is 0 Å². The van der Waals surface area contributed by atoms with Crippen LogP contribution in [0.25, 0.3) is 0 Å². The van der Waals surface area contributed by atoms with E-state index in [1.54, 1.807) is 19.1 Å². The number of ether oxygens (including phenoxy) is 1. The van der Waals surface area contributed by atoms with E-state index in [0.717, 1.165) is 5.56 Å². The van der Waals surface area contributed by atoms with Gasteiger partial charge >= 0.3 is 12.1 Å². The van der Waals surface area contributed by atoms with Crippen molar-refractivity contribution in [2.24, 2.45) is 5.73 Å². The van der Waals surface area contributed by atoms with Crippen LogP contribution in [0.5, 0.6) is 5.75 Å². The number of nitrogens with two attached hydrogens (primary N) is 1. The number of carbonyl (C=O) groups excluding carboxylic acids is 1. The summed E-state index contributed by atoms with van der Waals surface area (Å²) in [6.45, 7) is 1.72. The Balaban J connectivity index is 2.42. The number of hydrogen-bond acceptors (Lipinski definition) is 3. The SMILES string of the molecule is CC1CN(C(=O)C(F)(F)F)c2ccc(CN)cc2O1. The van der Waals surface area contributed by atoms with E-state index in [9.17, 15) is 18.0 Å². The Morgan fingerprint density at radius 3 is 2.79 bits per heavy atom. The van der Waals surface area contributed by atoms with Gasteiger partial charge in [0, 0.05) is 6.54 Å². The molecule has 0 spiro atoms. The fourth-order valence-electron chi connectivity index (χ4n) is 1.96. The summed E-state index contributed by atoms with van der Waals surface area (Å²) in [5.41, 5.74) is 6.32. The van der Waals surface area contributed by atoms with Crippen molar-refractivity contribution < 1.29 is 22.7 Å². The number of halogens is 3. The second-order valence-corrected chi connectivity index (χ2v) is 4.35. The van der Waals surface area contributed by atoms with E-state index >= 15 is 0 Å². The first-order valence-corrected chi connectivity index (χ1v) is 5.71. The summed E-state index contributed by atoms with van der Waals surface area (Å²) in [6, 6.07) is 4.56. The number of hydrogen-bond donors (Lipinski definition) is 1. The van der Waals surface area contributed by atoms with Crippen molar-refractivity contribution >= 4 is 11.6 Å². The standard InChI is InChI=1S/C12H13F3N2O2/c1-7-6-17(11(18)12(13,14)15)9-3-2-8(5-16)4-10(9)19-7/h2-4,7H,5-6,16H2,1H3. The topological polar surface area (TPSA) is 55.6 Å². The maximum atomic E-state index is 12.5. The van der Waals surface area contributed by atoms with Gasteiger partial charge in [-0.05, 0) is 24.6 Å². The van der Waals surface area contributed by atoms with Gasteiger partial charge in [0.1, 0.15) is 11.9 Å². The normalized spacial score (nSPS) is 18.8. The van der Waals surface area contributed by atoms with Gasteiger partial charge in [-0.1, -0.05) is 6.07 Å². The zero-order valence-corrected chi connectivity index (χ0v) is 10.2. The molecule has 0 fully saturated rings. The summed E-state index contributed by atoms with van der Waals surface area (Å²) in [4.78, 5) is 12.1. The molecule has 1 aromatic carbocycles. The maximum absolute atomic E-state index is 12.5. The Labute approximate surface area is 107 Å². The highest BCUT2D eigenvalue weighted by molar-refractivity contribution is 5.99. The van der Waals surface area contributed by atoms with E-state index in [-0.39, 0.29) is 24.5 Å². The van der Waals surface area contributed by atoms with E-state index < -0.39 is 18.2 Å². The van der Waals surface area contributed by atoms with Crippen LogP contribution in [-0.2, 0) is 11.3 Å². The molecule has 2 N–H and O–H groups in total. The van der Waals surface area contributed by atoms with Crippen molar-refractivity contribution in [1.29, 1.82) is 0 Å². The molecule has 0 radical (unpaired) electrons. The molecule has 1 aliphatic heterocycles. The van der Waals surface area contributed by atoms with Gasteiger partial charge in [0.15, 0.2) is 0 Å². The fourth-order valence-corrected chi connectivity index (χ4v) is 1.96. The van der Waals surface area contributed by atoms with Gasteiger partial charge in [0.05, 0.1) is 12.2 Å². The van der Waals surface area contributed by atoms with Crippen LogP contribution in [0.4, 0.5) is 18.9 Å². The van der Waals surface area contributed by atoms with Crippen LogP contribution in [0.15, 0.2) is 18.2 Å². The third-order valence-corrected chi connectivity index (χ3v) is 2.81. The first-order valence-electron chi connectivity index (χ1n) is 5.71. The summed E-state index contributed by atoms with van der Waals surface area (Å²) in [5.74, 6) is -1.64. The van der Waals surface area contributed by atoms with E-state index in [1.165, 1.54) is 6.07 Å². The molecule has 4 nitrogen and oxygen atoms in total. The number of anilines is 1. The summed E-state index contributed by atoms with van der Waals surface area (Å²) < 4.78 is 43.1. The third-order valence-electron chi connectivity index (χ3n) is 2.81. The lowest BCUT2D eigenvalue weighted by Gasteiger charge is -2.34. The average molecular weight is 274 g/mol. The molecular formula is C12H13F3N2O2. The highest BCUT2D eigenvalue weighted by Crippen LogP contribution is 2.36. The Hall–Kier alpha value is -1.76. The molecule has 19 heavy (non-hydrogen) atoms. The highest BCUT2D eigenvalue weighted by Gasteiger charge is 2.45. The van der Waals surface area contributed by atoms with Crippen molar-refractivity contribution in [3.05, 3.63) is 23.8 Å². The molecule has 0 aliphatic carbocycles. The lowest BCUT2D eigenvalue weighted by Crippen LogP contribution is -2.48. The number of fused-ring (bicyclic) bond motifs is 1. The van der Waals surface area contributed by atoms with Gasteiger partial charge in [-0.3, -0.25) is 9.69 Å². The van der Waals surface area contributed by atoms with Crippen LogP contribution < -0.4 is 15.4 Å². The molecule has 1 atom stereocenters. The lowest BCUT2D eigenvalue weighted by atomic mass is 10.1. The molecule has 1 amide bonds. The summed E-state index contributed by atoms with van der Waals surface area (Å²) in [7, 11) is 0. The van der Waals surface area contributed by atoms with Crippen LogP contribution in [0.1, 0.15) is 12.5 Å². The second-order valence-electron chi connectivity index (χ2n) is 4.35. The number of carbonyl (C=O) groups is 1. The number of rotatable bonds is 1. The average Bonchev–Trinajstić information content (AvgIpc) is 2.34. The van der Waals surface area contributed by atoms with Crippen molar-refractivity contribution in [3.63, 3.8) is 0 Å². The Morgan fingerprint density at radius 2 is 2.21 bits per heavy atom. The van der Waals surface area contributed by atoms with Gasteiger partial charge < -0.3 is 10.5 Å². The smallest absolute Gasteiger partial charge is 0.471 e. The van der Waals surface area contributed by atoms with Gasteiger partial charge in [0.25, 0.3) is 0 Å². The third kappa shape index (κ3) is 2.65. The summed E-state index contributed by atoms with van der Waals surface area (Å²) >= 11 is 0. The van der Waals surface area contributed by atoms with Crippen molar-refractivity contribution in [2.45, 2.75) is 25.7 Å². The maximum Gasteiger partial charge on any atom is 0.471 e. The zero-order chi connectivity index (χ0) is 14.2. The minimum Gasteiger partial charge on any atom is -0.487 e. The summed E-state index contributed by atoms with van der Waals surface area (Å²) in [6.07, 6.45) is -5.41. The Bertz CT molecular complexity index is 502. The first kappa shape index (κ1) is 13.7. The van der Waals surface area contributed by atoms with Crippen LogP contribution in [-0.4, -0.2) is 24.7 Å². The minimum atomic E-state index is -4.90. The molecule has 0 saturated heterocycles. The lowest BCUT2D eigenvalue weighted by molar-refractivity contribution is -0.170. The van der Waals surface area contributed by atoms with E-state index in [0.29, 0.717) is 4.90 Å². The van der Waals surface area contributed by atoms with E-state index in [4.69, 9.17) is 10.5 Å². The van der Waals surface area contributed by atoms with Gasteiger partial charge in [-0.2, -0.15) is 13.2 Å². The molecule has 1 aliphatic rings. The van der Waals surface area contributed by atoms with Crippen LogP contribution in [0, 0.1) is 0 Å². The molecular weight excluding hydrogens is 261 g/mol. The monoisotopic (exact) mass is 274 g/mol. The molecule has 0 saturated carbocycles. The summed E-state index contributed by atoms with van der Waals surface area (Å²) in [5, 5.41) is 0. The second kappa shape index (κ2) is 4.73. The van der Waals surface area contributed by atoms with Crippen molar-refractivity contribution in [2.75, 3.05) is 11.4 Å². The number of nitrogens with zero attached hydrogens (tertiary/aromatic N) is 1. The molecule has 7 heteroatoms. The molecule has 104 valence electrons. The van der Waals surface area contributed by atoms with Crippen molar-refractivity contribution in [1.82, 2.24) is 0 Å². The predicted molar refractivity (Wildman–Crippen MR) is 62.8 cm³/mol. The first-order chi connectivity index (χ1) is 8.82. The van der Waals surface area contributed by atoms with Gasteiger partial charge in [0.2, 0.25) is 0 Å². The van der Waals surface area contributed by atoms with Crippen molar-refractivity contribution in [3.8, 4) is 5.75 Å².